The lowest BCUT2D eigenvalue weighted by Crippen LogP contribution is -2.18. The van der Waals surface area contributed by atoms with Crippen LogP contribution in [0.5, 0.6) is 5.75 Å². The van der Waals surface area contributed by atoms with E-state index >= 15 is 0 Å². The molecule has 0 amide bonds. The summed E-state index contributed by atoms with van der Waals surface area (Å²) in [6.07, 6.45) is 4.00. The van der Waals surface area contributed by atoms with Gasteiger partial charge in [0.25, 0.3) is 0 Å². The Balaban J connectivity index is 2.53. The van der Waals surface area contributed by atoms with Gasteiger partial charge in [-0.2, -0.15) is 8.78 Å². The number of benzene rings is 1. The highest BCUT2D eigenvalue weighted by molar-refractivity contribution is 5.33. The summed E-state index contributed by atoms with van der Waals surface area (Å²) < 4.78 is 29.4. The summed E-state index contributed by atoms with van der Waals surface area (Å²) in [7, 11) is 4.15. The molecule has 21 heavy (non-hydrogen) atoms. The van der Waals surface area contributed by atoms with E-state index < -0.39 is 6.61 Å². The lowest BCUT2D eigenvalue weighted by atomic mass is 9.82. The number of para-hydroxylation sites is 1. The van der Waals surface area contributed by atoms with E-state index in [9.17, 15) is 8.78 Å². The smallest absolute Gasteiger partial charge is 0.387 e. The van der Waals surface area contributed by atoms with Gasteiger partial charge in [-0.25, -0.2) is 0 Å². The molecule has 0 aliphatic carbocycles. The SMILES string of the molecule is CN(C)CCCC(C)(C)CCc1ccccc1OC(F)F. The first kappa shape index (κ1) is 17.9. The first-order valence-electron chi connectivity index (χ1n) is 7.47. The second-order valence-corrected chi connectivity index (χ2v) is 6.56. The zero-order valence-electron chi connectivity index (χ0n) is 13.5. The molecule has 0 radical (unpaired) electrons. The molecular formula is C17H27F2NO. The van der Waals surface area contributed by atoms with Crippen molar-refractivity contribution in [2.45, 2.75) is 46.1 Å². The summed E-state index contributed by atoms with van der Waals surface area (Å²) in [6, 6.07) is 7.07. The average molecular weight is 299 g/mol. The zero-order chi connectivity index (χ0) is 15.9. The number of halogens is 2. The van der Waals surface area contributed by atoms with Crippen molar-refractivity contribution in [3.63, 3.8) is 0 Å². The number of aryl methyl sites for hydroxylation is 1. The summed E-state index contributed by atoms with van der Waals surface area (Å²) in [4.78, 5) is 2.18. The average Bonchev–Trinajstić information content (AvgIpc) is 2.36. The minimum Gasteiger partial charge on any atom is -0.435 e. The third-order valence-corrected chi connectivity index (χ3v) is 3.72. The lowest BCUT2D eigenvalue weighted by Gasteiger charge is -2.25. The first-order valence-corrected chi connectivity index (χ1v) is 7.47. The van der Waals surface area contributed by atoms with Crippen LogP contribution >= 0.6 is 0 Å². The molecule has 0 saturated heterocycles. The van der Waals surface area contributed by atoms with Crippen LogP contribution in [0.25, 0.3) is 0 Å². The summed E-state index contributed by atoms with van der Waals surface area (Å²) >= 11 is 0. The molecule has 0 aliphatic heterocycles. The maximum Gasteiger partial charge on any atom is 0.387 e. The largest absolute Gasteiger partial charge is 0.435 e. The van der Waals surface area contributed by atoms with Crippen LogP contribution in [0.3, 0.4) is 0 Å². The number of alkyl halides is 2. The van der Waals surface area contributed by atoms with E-state index in [1.54, 1.807) is 12.1 Å². The third-order valence-electron chi connectivity index (χ3n) is 3.72. The summed E-state index contributed by atoms with van der Waals surface area (Å²) in [5.74, 6) is 0.302. The predicted molar refractivity (Wildman–Crippen MR) is 83.0 cm³/mol. The van der Waals surface area contributed by atoms with Crippen LogP contribution < -0.4 is 4.74 Å². The number of hydrogen-bond acceptors (Lipinski definition) is 2. The Morgan fingerprint density at radius 3 is 2.43 bits per heavy atom. The van der Waals surface area contributed by atoms with Crippen molar-refractivity contribution in [3.8, 4) is 5.75 Å². The molecule has 0 fully saturated rings. The van der Waals surface area contributed by atoms with Crippen molar-refractivity contribution in [1.82, 2.24) is 4.90 Å². The highest BCUT2D eigenvalue weighted by atomic mass is 19.3. The highest BCUT2D eigenvalue weighted by Gasteiger charge is 2.19. The van der Waals surface area contributed by atoms with Crippen molar-refractivity contribution in [1.29, 1.82) is 0 Å². The normalized spacial score (nSPS) is 12.2. The summed E-state index contributed by atoms with van der Waals surface area (Å²) in [6.45, 7) is 2.78. The molecule has 4 heteroatoms. The predicted octanol–water partition coefficient (Wildman–Crippen LogP) is 4.59. The Morgan fingerprint density at radius 1 is 1.14 bits per heavy atom. The van der Waals surface area contributed by atoms with Crippen molar-refractivity contribution < 1.29 is 13.5 Å². The Bertz CT molecular complexity index is 419. The molecule has 0 spiro atoms. The van der Waals surface area contributed by atoms with E-state index in [4.69, 9.17) is 0 Å². The number of hydrogen-bond donors (Lipinski definition) is 0. The van der Waals surface area contributed by atoms with E-state index in [1.165, 1.54) is 0 Å². The van der Waals surface area contributed by atoms with Gasteiger partial charge in [-0.15, -0.1) is 0 Å². The topological polar surface area (TPSA) is 12.5 Å². The number of nitrogens with zero attached hydrogens (tertiary/aromatic N) is 1. The second-order valence-electron chi connectivity index (χ2n) is 6.56. The molecule has 1 rings (SSSR count). The van der Waals surface area contributed by atoms with Gasteiger partial charge in [0.2, 0.25) is 0 Å². The van der Waals surface area contributed by atoms with Gasteiger partial charge in [0.05, 0.1) is 0 Å². The molecule has 0 saturated carbocycles. The molecule has 120 valence electrons. The molecule has 1 aromatic rings. The fraction of sp³-hybridized carbons (Fsp3) is 0.647. The molecule has 0 aliphatic rings. The van der Waals surface area contributed by atoms with E-state index in [-0.39, 0.29) is 5.41 Å². The fourth-order valence-corrected chi connectivity index (χ4v) is 2.39. The Hall–Kier alpha value is -1.16. The highest BCUT2D eigenvalue weighted by Crippen LogP contribution is 2.31. The zero-order valence-corrected chi connectivity index (χ0v) is 13.5. The van der Waals surface area contributed by atoms with Gasteiger partial charge in [0.1, 0.15) is 5.75 Å². The molecule has 0 atom stereocenters. The van der Waals surface area contributed by atoms with Gasteiger partial charge in [0.15, 0.2) is 0 Å². The molecular weight excluding hydrogens is 272 g/mol. The van der Waals surface area contributed by atoms with Gasteiger partial charge in [0, 0.05) is 0 Å². The van der Waals surface area contributed by atoms with E-state index in [0.29, 0.717) is 5.75 Å². The van der Waals surface area contributed by atoms with Crippen LogP contribution in [0.1, 0.15) is 38.7 Å². The van der Waals surface area contributed by atoms with Crippen LogP contribution in [-0.4, -0.2) is 32.2 Å². The molecule has 2 nitrogen and oxygen atoms in total. The minimum atomic E-state index is -2.76. The maximum atomic E-state index is 12.4. The van der Waals surface area contributed by atoms with Crippen LogP contribution in [0.4, 0.5) is 8.78 Å². The molecule has 0 heterocycles. The monoisotopic (exact) mass is 299 g/mol. The molecule has 1 aromatic carbocycles. The van der Waals surface area contributed by atoms with Crippen LogP contribution in [0.15, 0.2) is 24.3 Å². The summed E-state index contributed by atoms with van der Waals surface area (Å²) in [5.41, 5.74) is 1.06. The minimum absolute atomic E-state index is 0.202. The maximum absolute atomic E-state index is 12.4. The molecule has 0 unspecified atom stereocenters. The van der Waals surface area contributed by atoms with Crippen LogP contribution in [-0.2, 0) is 6.42 Å². The van der Waals surface area contributed by atoms with E-state index in [2.05, 4.69) is 37.6 Å². The molecule has 0 bridgehead atoms. The van der Waals surface area contributed by atoms with Crippen molar-refractivity contribution >= 4 is 0 Å². The van der Waals surface area contributed by atoms with Gasteiger partial charge < -0.3 is 9.64 Å². The van der Waals surface area contributed by atoms with Gasteiger partial charge in [-0.1, -0.05) is 32.0 Å². The number of ether oxygens (including phenoxy) is 1. The Labute approximate surface area is 127 Å². The Kier molecular flexibility index (Phi) is 7.09. The van der Waals surface area contributed by atoms with Crippen LogP contribution in [0, 0.1) is 5.41 Å². The van der Waals surface area contributed by atoms with E-state index in [0.717, 1.165) is 37.8 Å². The lowest BCUT2D eigenvalue weighted by molar-refractivity contribution is -0.0504. The van der Waals surface area contributed by atoms with Crippen molar-refractivity contribution in [2.24, 2.45) is 5.41 Å². The van der Waals surface area contributed by atoms with Gasteiger partial charge >= 0.3 is 6.61 Å². The van der Waals surface area contributed by atoms with E-state index in [1.807, 2.05) is 12.1 Å². The molecule has 0 aromatic heterocycles. The third kappa shape index (κ3) is 7.42. The van der Waals surface area contributed by atoms with Crippen molar-refractivity contribution in [3.05, 3.63) is 29.8 Å². The standard InChI is InChI=1S/C17H27F2NO/c1-17(2,11-7-13-20(3)4)12-10-14-8-5-6-9-15(14)21-16(18)19/h5-6,8-9,16H,7,10-13H2,1-4H3. The number of rotatable bonds is 9. The first-order chi connectivity index (χ1) is 9.80. The quantitative estimate of drug-likeness (QED) is 0.661. The van der Waals surface area contributed by atoms with Crippen LogP contribution in [0.2, 0.25) is 0 Å². The Morgan fingerprint density at radius 2 is 1.81 bits per heavy atom. The van der Waals surface area contributed by atoms with Gasteiger partial charge in [-0.05, 0) is 63.4 Å². The fourth-order valence-electron chi connectivity index (χ4n) is 2.39. The second kappa shape index (κ2) is 8.32. The summed E-state index contributed by atoms with van der Waals surface area (Å²) in [5, 5.41) is 0. The molecule has 0 N–H and O–H groups in total. The van der Waals surface area contributed by atoms with Crippen molar-refractivity contribution in [2.75, 3.05) is 20.6 Å². The van der Waals surface area contributed by atoms with Gasteiger partial charge in [-0.3, -0.25) is 0 Å².